The maximum atomic E-state index is 11.3. The van der Waals surface area contributed by atoms with Gasteiger partial charge in [-0.2, -0.15) is 0 Å². The second-order valence-corrected chi connectivity index (χ2v) is 8.90. The van der Waals surface area contributed by atoms with E-state index in [2.05, 4.69) is 0 Å². The molecule has 0 radical (unpaired) electrons. The second-order valence-electron chi connectivity index (χ2n) is 4.11. The van der Waals surface area contributed by atoms with E-state index in [0.717, 1.165) is 5.56 Å². The summed E-state index contributed by atoms with van der Waals surface area (Å²) in [6.07, 6.45) is 0.593. The molecule has 94 valence electrons. The first-order valence-corrected chi connectivity index (χ1v) is 9.16. The third-order valence-electron chi connectivity index (χ3n) is 2.87. The normalized spacial score (nSPS) is 23.7. The van der Waals surface area contributed by atoms with Crippen molar-refractivity contribution in [1.29, 1.82) is 0 Å². The lowest BCUT2D eigenvalue weighted by Crippen LogP contribution is -2.04. The van der Waals surface area contributed by atoms with E-state index in [1.807, 2.05) is 0 Å². The van der Waals surface area contributed by atoms with Gasteiger partial charge in [-0.05, 0) is 30.0 Å². The summed E-state index contributed by atoms with van der Waals surface area (Å²) in [5.74, 6) is 0.305. The Kier molecular flexibility index (Phi) is 3.22. The van der Waals surface area contributed by atoms with Crippen LogP contribution in [0.1, 0.15) is 17.9 Å². The van der Waals surface area contributed by atoms with Crippen LogP contribution in [0.3, 0.4) is 0 Å². The highest BCUT2D eigenvalue weighted by Gasteiger charge is 2.29. The Bertz CT molecular complexity index is 617. The molecule has 1 aliphatic rings. The fourth-order valence-corrected chi connectivity index (χ4v) is 4.51. The summed E-state index contributed by atoms with van der Waals surface area (Å²) >= 11 is 0. The lowest BCUT2D eigenvalue weighted by molar-refractivity contribution is 0.601. The molecule has 1 fully saturated rings. The molecule has 1 atom stereocenters. The van der Waals surface area contributed by atoms with Crippen LogP contribution in [0.5, 0.6) is 0 Å². The molecular formula is C10H11ClO4S2. The SMILES string of the molecule is O=S1(=O)CC[C@@H](c2ccc(S(=O)(=O)Cl)cc2)C1. The molecule has 0 spiro atoms. The molecule has 4 nitrogen and oxygen atoms in total. The van der Waals surface area contributed by atoms with Gasteiger partial charge in [-0.3, -0.25) is 0 Å². The van der Waals surface area contributed by atoms with Crippen LogP contribution in [-0.2, 0) is 18.9 Å². The number of hydrogen-bond donors (Lipinski definition) is 0. The first-order valence-electron chi connectivity index (χ1n) is 5.03. The van der Waals surface area contributed by atoms with Gasteiger partial charge in [-0.1, -0.05) is 12.1 Å². The fourth-order valence-electron chi connectivity index (χ4n) is 1.96. The predicted molar refractivity (Wildman–Crippen MR) is 65.5 cm³/mol. The van der Waals surface area contributed by atoms with Gasteiger partial charge in [0.2, 0.25) is 0 Å². The van der Waals surface area contributed by atoms with Crippen molar-refractivity contribution >= 4 is 29.6 Å². The molecule has 0 aromatic heterocycles. The van der Waals surface area contributed by atoms with E-state index in [0.29, 0.717) is 6.42 Å². The van der Waals surface area contributed by atoms with Gasteiger partial charge in [0.05, 0.1) is 16.4 Å². The fraction of sp³-hybridized carbons (Fsp3) is 0.400. The average Bonchev–Trinajstić information content (AvgIpc) is 2.58. The lowest BCUT2D eigenvalue weighted by atomic mass is 9.99. The van der Waals surface area contributed by atoms with Crippen molar-refractivity contribution in [1.82, 2.24) is 0 Å². The van der Waals surface area contributed by atoms with Crippen molar-refractivity contribution in [3.63, 3.8) is 0 Å². The van der Waals surface area contributed by atoms with Crippen molar-refractivity contribution in [2.24, 2.45) is 0 Å². The monoisotopic (exact) mass is 294 g/mol. The van der Waals surface area contributed by atoms with Crippen molar-refractivity contribution in [3.8, 4) is 0 Å². The summed E-state index contributed by atoms with van der Waals surface area (Å²) in [6, 6.07) is 6.06. The standard InChI is InChI=1S/C10H11ClO4S2/c11-17(14,15)10-3-1-8(2-4-10)9-5-6-16(12,13)7-9/h1-4,9H,5-7H2/t9-/m1/s1. The summed E-state index contributed by atoms with van der Waals surface area (Å²) in [6.45, 7) is 0. The first kappa shape index (κ1) is 12.9. The molecule has 2 rings (SSSR count). The highest BCUT2D eigenvalue weighted by Crippen LogP contribution is 2.29. The van der Waals surface area contributed by atoms with Crippen LogP contribution in [0.2, 0.25) is 0 Å². The number of benzene rings is 1. The van der Waals surface area contributed by atoms with E-state index in [1.165, 1.54) is 12.1 Å². The molecule has 1 aliphatic heterocycles. The van der Waals surface area contributed by atoms with Crippen molar-refractivity contribution in [2.75, 3.05) is 11.5 Å². The van der Waals surface area contributed by atoms with Gasteiger partial charge >= 0.3 is 0 Å². The maximum Gasteiger partial charge on any atom is 0.261 e. The Labute approximate surface area is 105 Å². The van der Waals surface area contributed by atoms with E-state index in [9.17, 15) is 16.8 Å². The topological polar surface area (TPSA) is 68.3 Å². The smallest absolute Gasteiger partial charge is 0.229 e. The number of sulfone groups is 1. The van der Waals surface area contributed by atoms with Crippen LogP contribution in [0, 0.1) is 0 Å². The first-order chi connectivity index (χ1) is 7.78. The molecule has 0 amide bonds. The molecule has 1 saturated heterocycles. The van der Waals surface area contributed by atoms with Gasteiger partial charge in [0.15, 0.2) is 9.84 Å². The Balaban J connectivity index is 2.26. The van der Waals surface area contributed by atoms with E-state index >= 15 is 0 Å². The molecular weight excluding hydrogens is 284 g/mol. The minimum absolute atomic E-state index is 0.0313. The number of halogens is 1. The third-order valence-corrected chi connectivity index (χ3v) is 6.00. The molecule has 0 unspecified atom stereocenters. The zero-order valence-corrected chi connectivity index (χ0v) is 11.2. The van der Waals surface area contributed by atoms with Gasteiger partial charge in [0.25, 0.3) is 9.05 Å². The molecule has 1 aromatic carbocycles. The Morgan fingerprint density at radius 2 is 1.76 bits per heavy atom. The van der Waals surface area contributed by atoms with Crippen molar-refractivity contribution in [3.05, 3.63) is 29.8 Å². The van der Waals surface area contributed by atoms with Crippen LogP contribution in [0.15, 0.2) is 29.2 Å². The van der Waals surface area contributed by atoms with Crippen LogP contribution in [0.25, 0.3) is 0 Å². The highest BCUT2D eigenvalue weighted by molar-refractivity contribution is 8.13. The summed E-state index contributed by atoms with van der Waals surface area (Å²) in [5.41, 5.74) is 0.843. The van der Waals surface area contributed by atoms with Crippen LogP contribution >= 0.6 is 10.7 Å². The number of rotatable bonds is 2. The average molecular weight is 295 g/mol. The van der Waals surface area contributed by atoms with Gasteiger partial charge in [-0.15, -0.1) is 0 Å². The molecule has 0 bridgehead atoms. The maximum absolute atomic E-state index is 11.3. The largest absolute Gasteiger partial charge is 0.261 e. The molecule has 7 heteroatoms. The van der Waals surface area contributed by atoms with E-state index < -0.39 is 18.9 Å². The highest BCUT2D eigenvalue weighted by atomic mass is 35.7. The third kappa shape index (κ3) is 3.00. The van der Waals surface area contributed by atoms with E-state index in [4.69, 9.17) is 10.7 Å². The predicted octanol–water partition coefficient (Wildman–Crippen LogP) is 1.52. The van der Waals surface area contributed by atoms with E-state index in [1.54, 1.807) is 12.1 Å². The zero-order chi connectivity index (χ0) is 12.7. The Morgan fingerprint density at radius 1 is 1.18 bits per heavy atom. The molecule has 0 saturated carbocycles. The van der Waals surface area contributed by atoms with Crippen LogP contribution in [0.4, 0.5) is 0 Å². The Hall–Kier alpha value is -0.590. The second kappa shape index (κ2) is 4.26. The van der Waals surface area contributed by atoms with Gasteiger partial charge < -0.3 is 0 Å². The van der Waals surface area contributed by atoms with Crippen LogP contribution < -0.4 is 0 Å². The lowest BCUT2D eigenvalue weighted by Gasteiger charge is -2.07. The Morgan fingerprint density at radius 3 is 2.18 bits per heavy atom. The summed E-state index contributed by atoms with van der Waals surface area (Å²) < 4.78 is 44.7. The zero-order valence-electron chi connectivity index (χ0n) is 8.84. The van der Waals surface area contributed by atoms with Crippen molar-refractivity contribution < 1.29 is 16.8 Å². The molecule has 1 aromatic rings. The van der Waals surface area contributed by atoms with Gasteiger partial charge in [0, 0.05) is 10.7 Å². The molecule has 0 aliphatic carbocycles. The van der Waals surface area contributed by atoms with E-state index in [-0.39, 0.29) is 22.3 Å². The summed E-state index contributed by atoms with van der Waals surface area (Å²) in [7, 11) is -1.45. The van der Waals surface area contributed by atoms with Gasteiger partial charge in [-0.25, -0.2) is 16.8 Å². The van der Waals surface area contributed by atoms with Gasteiger partial charge in [0.1, 0.15) is 0 Å². The number of hydrogen-bond acceptors (Lipinski definition) is 4. The quantitative estimate of drug-likeness (QED) is 0.776. The molecule has 17 heavy (non-hydrogen) atoms. The minimum Gasteiger partial charge on any atom is -0.229 e. The molecule has 0 N–H and O–H groups in total. The summed E-state index contributed by atoms with van der Waals surface area (Å²) in [5, 5.41) is 0. The van der Waals surface area contributed by atoms with Crippen molar-refractivity contribution in [2.45, 2.75) is 17.2 Å². The molecule has 1 heterocycles. The minimum atomic E-state index is -3.71. The van der Waals surface area contributed by atoms with Crippen LogP contribution in [-0.4, -0.2) is 28.3 Å². The summed E-state index contributed by atoms with van der Waals surface area (Å²) in [4.78, 5) is 0.0313.